The number of para-hydroxylation sites is 3. The number of aryl methyl sites for hydroxylation is 2. The molecule has 0 atom stereocenters. The topological polar surface area (TPSA) is 33.5 Å². The molecule has 0 saturated heterocycles. The maximum Gasteiger partial charge on any atom is 0.137 e. The first-order valence-corrected chi connectivity index (χ1v) is 22.1. The number of benzene rings is 7. The first-order valence-electron chi connectivity index (χ1n) is 22.1. The third kappa shape index (κ3) is 7.21. The minimum absolute atomic E-state index is 0.0132. The predicted octanol–water partition coefficient (Wildman–Crippen LogP) is 15.8. The molecular weight excluding hydrogens is 769 g/mol. The number of hydrogen-bond donors (Lipinski definition) is 0. The number of anilines is 4. The van der Waals surface area contributed by atoms with Gasteiger partial charge in [-0.15, -0.1) is 0 Å². The Bertz CT molecular complexity index is 3110. The summed E-state index contributed by atoms with van der Waals surface area (Å²) in [7, 11) is 0. The molecule has 1 aliphatic rings. The monoisotopic (exact) mass is 822 g/mol. The standard InChI is InChI=1S/C58H54N4O/c1-38-31-39(2)55(41-21-13-10-14-22-41)56(54(38)40-19-11-9-12-20-40)61-37-60(50-25-17-18-26-51(50)61)44-32-43(58(6,7)8)33-46(35-44)63-45-27-28-48-47-23-15-16-24-49(47)62(52(48)36-45)53-34-42(29-30-59-53)57(3,4)5/h9-36H,37H2,1-8H3. The SMILES string of the molecule is Cc1cc(C)c(-c2ccccc2)c(N2CN(c3cc(Oc4ccc5c6ccccc6n(-c6cc(C(C)(C)C)ccn6)c5c4)cc(C(C)(C)C)c3)c3ccccc32)c1-c1ccccc1. The Hall–Kier alpha value is -7.11. The molecule has 5 nitrogen and oxygen atoms in total. The number of aromatic nitrogens is 2. The van der Waals surface area contributed by atoms with E-state index < -0.39 is 0 Å². The van der Waals surface area contributed by atoms with Gasteiger partial charge >= 0.3 is 0 Å². The van der Waals surface area contributed by atoms with E-state index in [1.807, 2.05) is 6.20 Å². The Balaban J connectivity index is 1.10. The van der Waals surface area contributed by atoms with Gasteiger partial charge in [-0.1, -0.05) is 139 Å². The zero-order valence-electron chi connectivity index (χ0n) is 37.6. The molecule has 0 saturated carbocycles. The summed E-state index contributed by atoms with van der Waals surface area (Å²) in [5, 5.41) is 2.35. The summed E-state index contributed by atoms with van der Waals surface area (Å²) in [5.41, 5.74) is 16.5. The number of nitrogens with zero attached hydrogens (tertiary/aromatic N) is 4. The molecule has 0 bridgehead atoms. The van der Waals surface area contributed by atoms with E-state index >= 15 is 0 Å². The van der Waals surface area contributed by atoms with Gasteiger partial charge in [0.1, 0.15) is 24.0 Å². The molecule has 0 unspecified atom stereocenters. The van der Waals surface area contributed by atoms with Crippen LogP contribution in [0.4, 0.5) is 22.7 Å². The molecule has 312 valence electrons. The van der Waals surface area contributed by atoms with Crippen LogP contribution in [0.2, 0.25) is 0 Å². The van der Waals surface area contributed by atoms with Gasteiger partial charge in [-0.2, -0.15) is 0 Å². The summed E-state index contributed by atoms with van der Waals surface area (Å²) < 4.78 is 9.28. The van der Waals surface area contributed by atoms with Crippen LogP contribution in [0, 0.1) is 13.8 Å². The second-order valence-corrected chi connectivity index (χ2v) is 19.1. The summed E-state index contributed by atoms with van der Waals surface area (Å²) in [4.78, 5) is 9.90. The second kappa shape index (κ2) is 15.4. The maximum atomic E-state index is 7.00. The van der Waals surface area contributed by atoms with Crippen molar-refractivity contribution >= 4 is 44.6 Å². The average Bonchev–Trinajstić information content (AvgIpc) is 3.82. The molecule has 0 amide bonds. The molecule has 0 N–H and O–H groups in total. The lowest BCUT2D eigenvalue weighted by Gasteiger charge is -2.30. The van der Waals surface area contributed by atoms with Gasteiger partial charge in [0.15, 0.2) is 0 Å². The maximum absolute atomic E-state index is 7.00. The summed E-state index contributed by atoms with van der Waals surface area (Å²) in [5.74, 6) is 2.47. The fourth-order valence-corrected chi connectivity index (χ4v) is 9.44. The largest absolute Gasteiger partial charge is 0.457 e. The van der Waals surface area contributed by atoms with Crippen molar-refractivity contribution in [2.75, 3.05) is 16.5 Å². The van der Waals surface area contributed by atoms with Crippen molar-refractivity contribution in [1.82, 2.24) is 9.55 Å². The van der Waals surface area contributed by atoms with E-state index in [1.165, 1.54) is 61.3 Å². The van der Waals surface area contributed by atoms with E-state index in [9.17, 15) is 0 Å². The first-order chi connectivity index (χ1) is 30.3. The van der Waals surface area contributed by atoms with Crippen molar-refractivity contribution in [2.45, 2.75) is 66.2 Å². The lowest BCUT2D eigenvalue weighted by Crippen LogP contribution is -2.25. The van der Waals surface area contributed by atoms with E-state index in [4.69, 9.17) is 9.72 Å². The fourth-order valence-electron chi connectivity index (χ4n) is 9.44. The highest BCUT2D eigenvalue weighted by Crippen LogP contribution is 2.52. The second-order valence-electron chi connectivity index (χ2n) is 19.1. The highest BCUT2D eigenvalue weighted by Gasteiger charge is 2.33. The Labute approximate surface area is 371 Å². The number of fused-ring (bicyclic) bond motifs is 4. The van der Waals surface area contributed by atoms with E-state index in [0.29, 0.717) is 6.67 Å². The lowest BCUT2D eigenvalue weighted by atomic mass is 9.86. The molecule has 10 rings (SSSR count). The average molecular weight is 823 g/mol. The summed E-state index contributed by atoms with van der Waals surface area (Å²) >= 11 is 0. The number of rotatable bonds is 7. The van der Waals surface area contributed by atoms with Gasteiger partial charge in [0.2, 0.25) is 0 Å². The zero-order valence-corrected chi connectivity index (χ0v) is 37.6. The Kier molecular flexibility index (Phi) is 9.75. The molecule has 7 aromatic carbocycles. The zero-order chi connectivity index (χ0) is 43.6. The van der Waals surface area contributed by atoms with Crippen LogP contribution < -0.4 is 14.5 Å². The normalized spacial score (nSPS) is 13.0. The number of pyridine rings is 1. The summed E-state index contributed by atoms with van der Waals surface area (Å²) in [6.07, 6.45) is 1.93. The minimum Gasteiger partial charge on any atom is -0.457 e. The molecular formula is C58H54N4O. The molecule has 3 heterocycles. The molecule has 2 aromatic heterocycles. The molecule has 0 spiro atoms. The molecule has 0 radical (unpaired) electrons. The third-order valence-electron chi connectivity index (χ3n) is 12.6. The van der Waals surface area contributed by atoms with Crippen LogP contribution in [0.1, 0.15) is 63.8 Å². The van der Waals surface area contributed by atoms with Gasteiger partial charge in [0.25, 0.3) is 0 Å². The Morgan fingerprint density at radius 1 is 0.492 bits per heavy atom. The Morgan fingerprint density at radius 2 is 1.08 bits per heavy atom. The van der Waals surface area contributed by atoms with E-state index in [1.54, 1.807) is 0 Å². The van der Waals surface area contributed by atoms with Crippen LogP contribution >= 0.6 is 0 Å². The van der Waals surface area contributed by atoms with Gasteiger partial charge in [0.05, 0.1) is 28.1 Å². The van der Waals surface area contributed by atoms with Crippen LogP contribution in [-0.4, -0.2) is 16.2 Å². The lowest BCUT2D eigenvalue weighted by molar-refractivity contribution is 0.479. The number of hydrogen-bond acceptors (Lipinski definition) is 4. The van der Waals surface area contributed by atoms with Crippen LogP contribution in [-0.2, 0) is 10.8 Å². The van der Waals surface area contributed by atoms with Crippen LogP contribution in [0.15, 0.2) is 170 Å². The van der Waals surface area contributed by atoms with Gasteiger partial charge in [-0.3, -0.25) is 4.57 Å². The van der Waals surface area contributed by atoms with E-state index in [-0.39, 0.29) is 10.8 Å². The molecule has 63 heavy (non-hydrogen) atoms. The van der Waals surface area contributed by atoms with Crippen molar-refractivity contribution in [3.63, 3.8) is 0 Å². The minimum atomic E-state index is -0.137. The highest BCUT2D eigenvalue weighted by molar-refractivity contribution is 6.09. The van der Waals surface area contributed by atoms with Crippen molar-refractivity contribution in [3.05, 3.63) is 192 Å². The van der Waals surface area contributed by atoms with Gasteiger partial charge in [-0.25, -0.2) is 4.98 Å². The summed E-state index contributed by atoms with van der Waals surface area (Å²) in [6.45, 7) is 18.7. The molecule has 9 aromatic rings. The van der Waals surface area contributed by atoms with Crippen LogP contribution in [0.25, 0.3) is 49.9 Å². The smallest absolute Gasteiger partial charge is 0.137 e. The van der Waals surface area contributed by atoms with Crippen LogP contribution in [0.5, 0.6) is 11.5 Å². The van der Waals surface area contributed by atoms with Crippen molar-refractivity contribution in [3.8, 4) is 39.6 Å². The van der Waals surface area contributed by atoms with Crippen molar-refractivity contribution in [1.29, 1.82) is 0 Å². The third-order valence-corrected chi connectivity index (χ3v) is 12.6. The van der Waals surface area contributed by atoms with Gasteiger partial charge in [0, 0.05) is 45.9 Å². The fraction of sp³-hybridized carbons (Fsp3) is 0.190. The molecule has 0 aliphatic carbocycles. The molecule has 0 fully saturated rings. The van der Waals surface area contributed by atoms with Gasteiger partial charge < -0.3 is 14.5 Å². The molecule has 1 aliphatic heterocycles. The quantitative estimate of drug-likeness (QED) is 0.160. The molecule has 5 heteroatoms. The predicted molar refractivity (Wildman–Crippen MR) is 265 cm³/mol. The van der Waals surface area contributed by atoms with E-state index in [0.717, 1.165) is 45.1 Å². The highest BCUT2D eigenvalue weighted by atomic mass is 16.5. The summed E-state index contributed by atoms with van der Waals surface area (Å²) in [6, 6.07) is 59.1. The van der Waals surface area contributed by atoms with Crippen molar-refractivity contribution in [2.24, 2.45) is 0 Å². The van der Waals surface area contributed by atoms with Gasteiger partial charge in [-0.05, 0) is 113 Å². The van der Waals surface area contributed by atoms with Crippen molar-refractivity contribution < 1.29 is 4.74 Å². The van der Waals surface area contributed by atoms with Crippen LogP contribution in [0.3, 0.4) is 0 Å². The Morgan fingerprint density at radius 3 is 1.73 bits per heavy atom. The number of ether oxygens (including phenoxy) is 1. The first kappa shape index (κ1) is 40.0. The van der Waals surface area contributed by atoms with E-state index in [2.05, 4.69) is 234 Å².